The summed E-state index contributed by atoms with van der Waals surface area (Å²) < 4.78 is 73.7. The molecule has 6 nitrogen and oxygen atoms in total. The smallest absolute Gasteiger partial charge is 0.319 e. The fourth-order valence-electron chi connectivity index (χ4n) is 14.6. The zero-order valence-corrected chi connectivity index (χ0v) is 38.3. The first kappa shape index (κ1) is 41.4. The molecule has 6 fully saturated rings. The molecule has 60 heavy (non-hydrogen) atoms. The molecule has 13 unspecified atom stereocenters. The van der Waals surface area contributed by atoms with Crippen LogP contribution in [0.15, 0.2) is 98.7 Å². The lowest BCUT2D eigenvalue weighted by molar-refractivity contribution is 0.210. The van der Waals surface area contributed by atoms with Crippen LogP contribution in [0.4, 0.5) is 0 Å². The van der Waals surface area contributed by atoms with Gasteiger partial charge in [0.15, 0.2) is 0 Å². The molecular weight excluding hydrogens is 805 g/mol. The normalized spacial score (nSPS) is 38.6. The van der Waals surface area contributed by atoms with Crippen molar-refractivity contribution < 1.29 is 25.6 Å². The van der Waals surface area contributed by atoms with Crippen molar-refractivity contribution >= 4 is 32.0 Å². The van der Waals surface area contributed by atoms with Crippen LogP contribution in [-0.4, -0.2) is 26.1 Å². The monoisotopic (exact) mass is 868 g/mol. The molecule has 0 amide bonds. The van der Waals surface area contributed by atoms with E-state index < -0.39 is 25.0 Å². The summed E-state index contributed by atoms with van der Waals surface area (Å²) in [5.74, 6) is 4.59. The summed E-state index contributed by atoms with van der Waals surface area (Å²) in [4.78, 5) is 2.20. The summed E-state index contributed by atoms with van der Waals surface area (Å²) in [6.45, 7) is 7.88. The highest BCUT2D eigenvalue weighted by atomic mass is 32.2. The molecule has 322 valence electrons. The van der Waals surface area contributed by atoms with Gasteiger partial charge in [0.05, 0.1) is 4.90 Å². The molecule has 9 heteroatoms. The Morgan fingerprint density at radius 3 is 2.08 bits per heavy atom. The van der Waals surface area contributed by atoms with Gasteiger partial charge in [-0.3, -0.25) is 4.55 Å². The quantitative estimate of drug-likeness (QED) is 0.168. The van der Waals surface area contributed by atoms with Crippen LogP contribution in [0.2, 0.25) is 0 Å². The van der Waals surface area contributed by atoms with Crippen LogP contribution in [0.1, 0.15) is 128 Å². The molecule has 0 spiro atoms. The topological polar surface area (TPSA) is 97.7 Å². The standard InChI is InChI=1S/C51H64O6S3/c1-31-19-49(59(52,53)54)42(32(2)29-50(3)18-8-11-41(30-50)58-40-9-6-5-7-10-40)28-48(31)57-60(55,56)51(4)46(44-24-34-13-16-37(44)21-34)26-39(43-23-33-12-15-36(43)20-33)27-47(51)45-25-35-14-17-38(45)22-35/h5-11,18-19,26-28,32-38,43-46H,12-17,20-25,29-30H2,1-4H3,(H,52,53,54). The highest BCUT2D eigenvalue weighted by Gasteiger charge is 2.61. The Balaban J connectivity index is 1.01. The lowest BCUT2D eigenvalue weighted by Crippen LogP contribution is -2.53. The number of aryl methyl sites for hydroxylation is 1. The Bertz CT molecular complexity index is 2380. The Hall–Kier alpha value is -2.59. The van der Waals surface area contributed by atoms with E-state index in [9.17, 15) is 13.0 Å². The van der Waals surface area contributed by atoms with Gasteiger partial charge in [-0.1, -0.05) is 93.5 Å². The molecule has 6 bridgehead atoms. The van der Waals surface area contributed by atoms with Crippen molar-refractivity contribution in [2.45, 2.75) is 138 Å². The van der Waals surface area contributed by atoms with E-state index in [-0.39, 0.29) is 33.8 Å². The minimum Gasteiger partial charge on any atom is -0.381 e. The van der Waals surface area contributed by atoms with Gasteiger partial charge in [0.1, 0.15) is 10.5 Å². The van der Waals surface area contributed by atoms with Gasteiger partial charge in [-0.05, 0) is 201 Å². The molecule has 10 rings (SSSR count). The van der Waals surface area contributed by atoms with E-state index in [1.807, 2.05) is 32.0 Å². The number of allylic oxidation sites excluding steroid dienone is 7. The van der Waals surface area contributed by atoms with E-state index in [4.69, 9.17) is 4.18 Å². The first-order valence-electron chi connectivity index (χ1n) is 23.2. The molecule has 6 saturated carbocycles. The molecule has 0 heterocycles. The number of thioether (sulfide) groups is 1. The van der Waals surface area contributed by atoms with Gasteiger partial charge in [-0.15, -0.1) is 0 Å². The van der Waals surface area contributed by atoms with Crippen LogP contribution in [0.5, 0.6) is 5.75 Å². The first-order chi connectivity index (χ1) is 28.6. The maximum absolute atomic E-state index is 15.8. The number of fused-ring (bicyclic) bond motifs is 6. The lowest BCUT2D eigenvalue weighted by Gasteiger charge is -2.48. The minimum atomic E-state index is -4.63. The highest BCUT2D eigenvalue weighted by molar-refractivity contribution is 8.03. The molecule has 8 aliphatic rings. The van der Waals surface area contributed by atoms with Gasteiger partial charge in [0, 0.05) is 10.8 Å². The van der Waals surface area contributed by atoms with E-state index >= 15 is 8.42 Å². The van der Waals surface area contributed by atoms with Gasteiger partial charge < -0.3 is 4.18 Å². The van der Waals surface area contributed by atoms with Crippen LogP contribution < -0.4 is 4.18 Å². The van der Waals surface area contributed by atoms with E-state index in [0.717, 1.165) is 35.6 Å². The fourth-order valence-corrected chi connectivity index (χ4v) is 18.3. The third-order valence-electron chi connectivity index (χ3n) is 17.4. The van der Waals surface area contributed by atoms with Gasteiger partial charge in [0.25, 0.3) is 10.1 Å². The molecule has 0 aromatic heterocycles. The van der Waals surface area contributed by atoms with E-state index in [0.29, 0.717) is 59.0 Å². The van der Waals surface area contributed by atoms with Crippen LogP contribution in [0.3, 0.4) is 0 Å². The van der Waals surface area contributed by atoms with Crippen molar-refractivity contribution in [1.82, 2.24) is 0 Å². The summed E-state index contributed by atoms with van der Waals surface area (Å²) in [7, 11) is -8.97. The van der Waals surface area contributed by atoms with Gasteiger partial charge >= 0.3 is 10.1 Å². The molecular formula is C51H64O6S3. The van der Waals surface area contributed by atoms with Crippen molar-refractivity contribution in [2.24, 2.45) is 64.6 Å². The van der Waals surface area contributed by atoms with Crippen molar-refractivity contribution in [2.75, 3.05) is 0 Å². The number of benzene rings is 2. The van der Waals surface area contributed by atoms with Crippen LogP contribution in [0.25, 0.3) is 0 Å². The second kappa shape index (κ2) is 15.3. The molecule has 2 aromatic carbocycles. The van der Waals surface area contributed by atoms with E-state index in [1.54, 1.807) is 24.8 Å². The molecule has 0 aliphatic heterocycles. The summed E-state index contributed by atoms with van der Waals surface area (Å²) in [5.41, 5.74) is 3.01. The predicted octanol–water partition coefficient (Wildman–Crippen LogP) is 12.6. The van der Waals surface area contributed by atoms with Crippen molar-refractivity contribution in [1.29, 1.82) is 0 Å². The van der Waals surface area contributed by atoms with Crippen LogP contribution in [0, 0.1) is 71.5 Å². The third-order valence-corrected chi connectivity index (χ3v) is 21.3. The lowest BCUT2D eigenvalue weighted by atomic mass is 9.63. The number of rotatable bonds is 12. The third kappa shape index (κ3) is 7.35. The molecule has 0 radical (unpaired) electrons. The zero-order valence-electron chi connectivity index (χ0n) is 35.9. The second-order valence-electron chi connectivity index (χ2n) is 21.3. The fraction of sp³-hybridized carbons (Fsp3) is 0.608. The number of hydrogen-bond acceptors (Lipinski definition) is 6. The summed E-state index contributed by atoms with van der Waals surface area (Å²) >= 11 is 1.74. The predicted molar refractivity (Wildman–Crippen MR) is 241 cm³/mol. The molecule has 8 aliphatic carbocycles. The summed E-state index contributed by atoms with van der Waals surface area (Å²) in [6.07, 6.45) is 27.2. The maximum atomic E-state index is 15.8. The average Bonchev–Trinajstić information content (AvgIpc) is 4.08. The maximum Gasteiger partial charge on any atom is 0.319 e. The highest BCUT2D eigenvalue weighted by Crippen LogP contribution is 2.63. The molecule has 13 atom stereocenters. The van der Waals surface area contributed by atoms with Gasteiger partial charge in [-0.2, -0.15) is 16.8 Å². The van der Waals surface area contributed by atoms with Crippen molar-refractivity contribution in [3.05, 3.63) is 100 Å². The van der Waals surface area contributed by atoms with E-state index in [1.165, 1.54) is 80.8 Å². The number of hydrogen-bond donors (Lipinski definition) is 1. The second-order valence-corrected chi connectivity index (χ2v) is 25.8. The minimum absolute atomic E-state index is 0.164. The Morgan fingerprint density at radius 1 is 0.833 bits per heavy atom. The first-order valence-corrected chi connectivity index (χ1v) is 26.8. The molecule has 0 saturated heterocycles. The largest absolute Gasteiger partial charge is 0.381 e. The summed E-state index contributed by atoms with van der Waals surface area (Å²) in [5, 5.41) is 0. The van der Waals surface area contributed by atoms with Crippen LogP contribution in [-0.2, 0) is 20.2 Å². The van der Waals surface area contributed by atoms with Gasteiger partial charge in [0.2, 0.25) is 0 Å². The van der Waals surface area contributed by atoms with Crippen molar-refractivity contribution in [3.8, 4) is 5.75 Å². The Labute approximate surface area is 364 Å². The zero-order chi connectivity index (χ0) is 41.8. The molecule has 2 aromatic rings. The van der Waals surface area contributed by atoms with Gasteiger partial charge in [-0.25, -0.2) is 0 Å². The molecule has 1 N–H and O–H groups in total. The van der Waals surface area contributed by atoms with E-state index in [2.05, 4.69) is 49.4 Å². The Kier molecular flexibility index (Phi) is 10.6. The Morgan fingerprint density at radius 2 is 1.48 bits per heavy atom. The average molecular weight is 869 g/mol. The SMILES string of the molecule is Cc1cc(S(=O)(=O)O)c(C(C)CC2(C)C=CC=C(Sc3ccccc3)C2)cc1OS(=O)(=O)C1(C)C(C2CC3CCC2C3)=CC(C2CC3CCC2C3)=CC1C1CC2CCC1C2. The van der Waals surface area contributed by atoms with Crippen molar-refractivity contribution in [3.63, 3.8) is 0 Å². The summed E-state index contributed by atoms with van der Waals surface area (Å²) in [6, 6.07) is 13.3. The van der Waals surface area contributed by atoms with Crippen LogP contribution >= 0.6 is 11.8 Å².